The van der Waals surface area contributed by atoms with Crippen molar-refractivity contribution >= 4 is 16.9 Å². The fourth-order valence-corrected chi connectivity index (χ4v) is 4.79. The van der Waals surface area contributed by atoms with E-state index >= 15 is 0 Å². The summed E-state index contributed by atoms with van der Waals surface area (Å²) < 4.78 is 5.43. The van der Waals surface area contributed by atoms with E-state index in [1.807, 2.05) is 6.07 Å². The van der Waals surface area contributed by atoms with Gasteiger partial charge in [0.25, 0.3) is 0 Å². The molecule has 0 bridgehead atoms. The minimum atomic E-state index is -0.282. The maximum absolute atomic E-state index is 12.5. The molecule has 2 aliphatic rings. The quantitative estimate of drug-likeness (QED) is 0.776. The summed E-state index contributed by atoms with van der Waals surface area (Å²) in [5, 5.41) is 4.32. The van der Waals surface area contributed by atoms with Crippen molar-refractivity contribution in [3.63, 3.8) is 0 Å². The number of rotatable bonds is 5. The Bertz CT molecular complexity index is 906. The summed E-state index contributed by atoms with van der Waals surface area (Å²) in [7, 11) is 0. The molecule has 1 aromatic heterocycles. The molecular weight excluding hydrogens is 364 g/mol. The molecule has 5 heteroatoms. The average molecular weight is 397 g/mol. The lowest BCUT2D eigenvalue weighted by Crippen LogP contribution is -2.46. The highest BCUT2D eigenvalue weighted by Gasteiger charge is 2.26. The van der Waals surface area contributed by atoms with E-state index < -0.39 is 0 Å². The summed E-state index contributed by atoms with van der Waals surface area (Å²) in [4.78, 5) is 26.9. The van der Waals surface area contributed by atoms with Gasteiger partial charge in [-0.05, 0) is 49.3 Å². The summed E-state index contributed by atoms with van der Waals surface area (Å²) in [5.74, 6) is 0.492. The van der Waals surface area contributed by atoms with E-state index in [0.29, 0.717) is 5.58 Å². The Morgan fingerprint density at radius 2 is 1.86 bits per heavy atom. The largest absolute Gasteiger partial charge is 0.423 e. The molecule has 1 aliphatic heterocycles. The molecule has 156 valence electrons. The highest BCUT2D eigenvalue weighted by molar-refractivity contribution is 5.81. The van der Waals surface area contributed by atoms with Crippen LogP contribution in [0.1, 0.15) is 63.0 Å². The molecule has 4 rings (SSSR count). The van der Waals surface area contributed by atoms with Crippen LogP contribution in [-0.2, 0) is 17.8 Å². The van der Waals surface area contributed by atoms with E-state index in [-0.39, 0.29) is 23.5 Å². The third-order valence-corrected chi connectivity index (χ3v) is 6.61. The molecule has 1 aliphatic carbocycles. The van der Waals surface area contributed by atoms with Gasteiger partial charge in [-0.1, -0.05) is 38.3 Å². The number of nitrogens with one attached hydrogen (secondary N) is 1. The van der Waals surface area contributed by atoms with Gasteiger partial charge in [-0.2, -0.15) is 0 Å². The van der Waals surface area contributed by atoms with Crippen LogP contribution in [0.15, 0.2) is 33.5 Å². The maximum Gasteiger partial charge on any atom is 0.336 e. The molecule has 29 heavy (non-hydrogen) atoms. The van der Waals surface area contributed by atoms with Crippen LogP contribution in [-0.4, -0.2) is 29.9 Å². The predicted octanol–water partition coefficient (Wildman–Crippen LogP) is 4.02. The van der Waals surface area contributed by atoms with Gasteiger partial charge in [-0.25, -0.2) is 4.79 Å². The third kappa shape index (κ3) is 4.89. The van der Waals surface area contributed by atoms with Crippen molar-refractivity contribution in [2.75, 3.05) is 13.1 Å². The second kappa shape index (κ2) is 9.12. The Morgan fingerprint density at radius 3 is 2.59 bits per heavy atom. The summed E-state index contributed by atoms with van der Waals surface area (Å²) in [5.41, 5.74) is 2.60. The molecule has 1 saturated carbocycles. The number of piperidine rings is 1. The summed E-state index contributed by atoms with van der Waals surface area (Å²) in [6.07, 6.45) is 8.61. The summed E-state index contributed by atoms with van der Waals surface area (Å²) >= 11 is 0. The number of hydrogen-bond acceptors (Lipinski definition) is 4. The van der Waals surface area contributed by atoms with Gasteiger partial charge in [-0.3, -0.25) is 9.69 Å². The van der Waals surface area contributed by atoms with Gasteiger partial charge >= 0.3 is 5.63 Å². The summed E-state index contributed by atoms with van der Waals surface area (Å²) in [6, 6.07) is 8.08. The van der Waals surface area contributed by atoms with Crippen molar-refractivity contribution in [3.05, 3.63) is 45.8 Å². The molecule has 2 heterocycles. The molecule has 1 saturated heterocycles. The van der Waals surface area contributed by atoms with E-state index in [4.69, 9.17) is 4.42 Å². The number of carbonyl (C=O) groups excluding carboxylic acids is 1. The van der Waals surface area contributed by atoms with Crippen LogP contribution in [0, 0.1) is 5.92 Å². The Hall–Kier alpha value is -2.14. The number of likely N-dealkylation sites (tertiary alicyclic amines) is 1. The van der Waals surface area contributed by atoms with E-state index in [1.54, 1.807) is 6.07 Å². The van der Waals surface area contributed by atoms with Crippen molar-refractivity contribution < 1.29 is 9.21 Å². The fourth-order valence-electron chi connectivity index (χ4n) is 4.79. The average Bonchev–Trinajstić information content (AvgIpc) is 2.75. The minimum absolute atomic E-state index is 0.227. The Labute approximate surface area is 172 Å². The number of fused-ring (bicyclic) bond motifs is 1. The number of nitrogens with zero attached hydrogens (tertiary/aromatic N) is 1. The third-order valence-electron chi connectivity index (χ3n) is 6.61. The number of amides is 1. The normalized spacial score (nSPS) is 19.5. The van der Waals surface area contributed by atoms with Gasteiger partial charge in [0.05, 0.1) is 0 Å². The smallest absolute Gasteiger partial charge is 0.336 e. The van der Waals surface area contributed by atoms with Crippen molar-refractivity contribution in [1.82, 2.24) is 10.2 Å². The van der Waals surface area contributed by atoms with Crippen molar-refractivity contribution in [2.45, 2.75) is 70.9 Å². The molecular formula is C24H32N2O3. The van der Waals surface area contributed by atoms with Crippen LogP contribution in [0.4, 0.5) is 0 Å². The van der Waals surface area contributed by atoms with Crippen LogP contribution in [0.2, 0.25) is 0 Å². The van der Waals surface area contributed by atoms with Gasteiger partial charge < -0.3 is 9.73 Å². The van der Waals surface area contributed by atoms with Crippen LogP contribution in [0.5, 0.6) is 0 Å². The van der Waals surface area contributed by atoms with Crippen LogP contribution in [0.25, 0.3) is 11.0 Å². The van der Waals surface area contributed by atoms with Crippen molar-refractivity contribution in [3.8, 4) is 0 Å². The zero-order valence-corrected chi connectivity index (χ0v) is 17.4. The highest BCUT2D eigenvalue weighted by Crippen LogP contribution is 2.25. The zero-order valence-electron chi connectivity index (χ0n) is 17.4. The molecule has 0 radical (unpaired) electrons. The van der Waals surface area contributed by atoms with Crippen molar-refractivity contribution in [2.24, 2.45) is 5.92 Å². The molecule has 1 N–H and O–H groups in total. The Kier molecular flexibility index (Phi) is 6.34. The first-order valence-corrected chi connectivity index (χ1v) is 11.2. The fraction of sp³-hybridized carbons (Fsp3) is 0.583. The lowest BCUT2D eigenvalue weighted by molar-refractivity contribution is -0.127. The molecule has 0 spiro atoms. The van der Waals surface area contributed by atoms with Gasteiger partial charge in [0.2, 0.25) is 5.91 Å². The van der Waals surface area contributed by atoms with Gasteiger partial charge in [0.15, 0.2) is 0 Å². The second-order valence-electron chi connectivity index (χ2n) is 8.67. The zero-order chi connectivity index (χ0) is 20.2. The lowest BCUT2D eigenvalue weighted by atomic mass is 9.88. The SMILES string of the molecule is CCc1ccc2c(CN3CCC(NC(=O)C4CCCCC4)CC3)cc(=O)oc2c1. The number of carbonyl (C=O) groups is 1. The van der Waals surface area contributed by atoms with Crippen LogP contribution in [0.3, 0.4) is 0 Å². The molecule has 2 aromatic rings. The first kappa shape index (κ1) is 20.1. The van der Waals surface area contributed by atoms with Crippen LogP contribution >= 0.6 is 0 Å². The number of hydrogen-bond donors (Lipinski definition) is 1. The highest BCUT2D eigenvalue weighted by atomic mass is 16.4. The second-order valence-corrected chi connectivity index (χ2v) is 8.67. The van der Waals surface area contributed by atoms with E-state index in [0.717, 1.165) is 62.7 Å². The van der Waals surface area contributed by atoms with Crippen LogP contribution < -0.4 is 10.9 Å². The van der Waals surface area contributed by atoms with Gasteiger partial charge in [0, 0.05) is 43.0 Å². The van der Waals surface area contributed by atoms with Gasteiger partial charge in [-0.15, -0.1) is 0 Å². The Morgan fingerprint density at radius 1 is 1.10 bits per heavy atom. The Balaban J connectivity index is 1.36. The maximum atomic E-state index is 12.5. The predicted molar refractivity (Wildman–Crippen MR) is 115 cm³/mol. The lowest BCUT2D eigenvalue weighted by Gasteiger charge is -2.33. The monoisotopic (exact) mass is 396 g/mol. The standard InChI is InChI=1S/C24H32N2O3/c1-2-17-8-9-21-19(15-23(27)29-22(21)14-17)16-26-12-10-20(11-13-26)25-24(28)18-6-4-3-5-7-18/h8-9,14-15,18,20H,2-7,10-13,16H2,1H3,(H,25,28). The molecule has 2 fully saturated rings. The molecule has 0 atom stereocenters. The molecule has 5 nitrogen and oxygen atoms in total. The van der Waals surface area contributed by atoms with Gasteiger partial charge in [0.1, 0.15) is 5.58 Å². The molecule has 0 unspecified atom stereocenters. The minimum Gasteiger partial charge on any atom is -0.423 e. The van der Waals surface area contributed by atoms with Crippen molar-refractivity contribution in [1.29, 1.82) is 0 Å². The number of aryl methyl sites for hydroxylation is 1. The topological polar surface area (TPSA) is 62.6 Å². The molecule has 1 aromatic carbocycles. The van der Waals surface area contributed by atoms with E-state index in [1.165, 1.54) is 24.8 Å². The first-order chi connectivity index (χ1) is 14.1. The van der Waals surface area contributed by atoms with E-state index in [9.17, 15) is 9.59 Å². The van der Waals surface area contributed by atoms with E-state index in [2.05, 4.69) is 29.3 Å². The number of benzene rings is 1. The summed E-state index contributed by atoms with van der Waals surface area (Å²) in [6.45, 7) is 4.71. The molecule has 1 amide bonds. The first-order valence-electron chi connectivity index (χ1n) is 11.2.